The van der Waals surface area contributed by atoms with Gasteiger partial charge in [0.05, 0.1) is 0 Å². The number of nitrogens with zero attached hydrogens (tertiary/aromatic N) is 3. The van der Waals surface area contributed by atoms with Crippen molar-refractivity contribution in [1.82, 2.24) is 19.4 Å². The van der Waals surface area contributed by atoms with Crippen molar-refractivity contribution in [2.75, 3.05) is 5.32 Å². The molecule has 0 saturated heterocycles. The van der Waals surface area contributed by atoms with Crippen molar-refractivity contribution >= 4 is 28.1 Å². The number of aromatic amines is 1. The van der Waals surface area contributed by atoms with Gasteiger partial charge in [0.15, 0.2) is 11.3 Å². The molecule has 2 N–H and O–H groups in total. The van der Waals surface area contributed by atoms with E-state index in [2.05, 4.69) is 20.3 Å². The molecule has 0 fully saturated rings. The van der Waals surface area contributed by atoms with Crippen LogP contribution in [0.3, 0.4) is 0 Å². The number of H-pyrrole nitrogens is 1. The number of fused-ring (bicyclic) bond motifs is 2. The Morgan fingerprint density at radius 2 is 2.00 bits per heavy atom. The zero-order valence-corrected chi connectivity index (χ0v) is 13.7. The van der Waals surface area contributed by atoms with Gasteiger partial charge in [0.25, 0.3) is 5.91 Å². The standard InChI is InChI=1S/C18H17N5O/c1-10-6-12(3)23-9-19-16(17(23)21-10)18(24)22-14-4-5-15-13(8-14)7-11(2)20-15/h4-9,20H,1-3H3,(H,22,24). The summed E-state index contributed by atoms with van der Waals surface area (Å²) in [6, 6.07) is 9.77. The Bertz CT molecular complexity index is 1090. The molecule has 3 heterocycles. The number of anilines is 1. The fourth-order valence-electron chi connectivity index (χ4n) is 2.98. The van der Waals surface area contributed by atoms with Gasteiger partial charge >= 0.3 is 0 Å². The minimum Gasteiger partial charge on any atom is -0.359 e. The first-order chi connectivity index (χ1) is 11.5. The monoisotopic (exact) mass is 319 g/mol. The van der Waals surface area contributed by atoms with Crippen LogP contribution in [0.1, 0.15) is 27.6 Å². The Kier molecular flexibility index (Phi) is 3.13. The Balaban J connectivity index is 1.70. The molecule has 0 bridgehead atoms. The van der Waals surface area contributed by atoms with Crippen molar-refractivity contribution in [3.05, 3.63) is 59.4 Å². The van der Waals surface area contributed by atoms with Gasteiger partial charge in [-0.15, -0.1) is 0 Å². The lowest BCUT2D eigenvalue weighted by Crippen LogP contribution is -2.13. The van der Waals surface area contributed by atoms with Crippen molar-refractivity contribution < 1.29 is 4.79 Å². The van der Waals surface area contributed by atoms with Crippen LogP contribution in [0.4, 0.5) is 5.69 Å². The maximum absolute atomic E-state index is 12.6. The van der Waals surface area contributed by atoms with Gasteiger partial charge in [-0.1, -0.05) is 0 Å². The number of benzene rings is 1. The summed E-state index contributed by atoms with van der Waals surface area (Å²) < 4.78 is 1.82. The molecule has 0 unspecified atom stereocenters. The lowest BCUT2D eigenvalue weighted by Gasteiger charge is -2.05. The Labute approximate surface area is 138 Å². The number of aromatic nitrogens is 4. The van der Waals surface area contributed by atoms with Crippen LogP contribution < -0.4 is 5.32 Å². The quantitative estimate of drug-likeness (QED) is 0.594. The average molecular weight is 319 g/mol. The molecule has 0 aliphatic heterocycles. The first kappa shape index (κ1) is 14.4. The Morgan fingerprint density at radius 3 is 2.83 bits per heavy atom. The summed E-state index contributed by atoms with van der Waals surface area (Å²) >= 11 is 0. The van der Waals surface area contributed by atoms with Gasteiger partial charge in [-0.25, -0.2) is 9.97 Å². The predicted molar refractivity (Wildman–Crippen MR) is 93.4 cm³/mol. The normalized spacial score (nSPS) is 11.3. The van der Waals surface area contributed by atoms with Crippen molar-refractivity contribution in [3.63, 3.8) is 0 Å². The summed E-state index contributed by atoms with van der Waals surface area (Å²) in [5.41, 5.74) is 5.62. The van der Waals surface area contributed by atoms with E-state index in [-0.39, 0.29) is 5.91 Å². The van der Waals surface area contributed by atoms with E-state index >= 15 is 0 Å². The van der Waals surface area contributed by atoms with Crippen molar-refractivity contribution in [1.29, 1.82) is 0 Å². The molecular formula is C18H17N5O. The first-order valence-corrected chi connectivity index (χ1v) is 7.73. The lowest BCUT2D eigenvalue weighted by molar-refractivity contribution is 0.102. The van der Waals surface area contributed by atoms with Crippen molar-refractivity contribution in [3.8, 4) is 0 Å². The highest BCUT2D eigenvalue weighted by Gasteiger charge is 2.16. The molecule has 1 aromatic carbocycles. The van der Waals surface area contributed by atoms with E-state index in [1.165, 1.54) is 0 Å². The zero-order chi connectivity index (χ0) is 16.8. The molecule has 0 radical (unpaired) electrons. The highest BCUT2D eigenvalue weighted by molar-refractivity contribution is 6.07. The molecule has 0 saturated carbocycles. The SMILES string of the molecule is Cc1cc(C)n2cnc(C(=O)Nc3ccc4[nH]c(C)cc4c3)c2n1. The van der Waals surface area contributed by atoms with Gasteiger partial charge in [-0.3, -0.25) is 9.20 Å². The summed E-state index contributed by atoms with van der Waals surface area (Å²) in [7, 11) is 0. The van der Waals surface area contributed by atoms with E-state index < -0.39 is 0 Å². The minimum absolute atomic E-state index is 0.262. The van der Waals surface area contributed by atoms with E-state index in [0.29, 0.717) is 11.3 Å². The third-order valence-corrected chi connectivity index (χ3v) is 4.05. The molecule has 1 amide bonds. The topological polar surface area (TPSA) is 75.1 Å². The second-order valence-corrected chi connectivity index (χ2v) is 6.03. The number of hydrogen-bond donors (Lipinski definition) is 2. The Hall–Kier alpha value is -3.15. The fraction of sp³-hybridized carbons (Fsp3) is 0.167. The maximum Gasteiger partial charge on any atom is 0.278 e. The van der Waals surface area contributed by atoms with Crippen LogP contribution in [0.25, 0.3) is 16.6 Å². The molecule has 0 aliphatic carbocycles. The molecule has 0 spiro atoms. The van der Waals surface area contributed by atoms with E-state index in [9.17, 15) is 4.79 Å². The van der Waals surface area contributed by atoms with Crippen molar-refractivity contribution in [2.24, 2.45) is 0 Å². The number of imidazole rings is 1. The van der Waals surface area contributed by atoms with Gasteiger partial charge in [0.1, 0.15) is 6.33 Å². The summed E-state index contributed by atoms with van der Waals surface area (Å²) in [5.74, 6) is -0.262. The van der Waals surface area contributed by atoms with Crippen LogP contribution >= 0.6 is 0 Å². The van der Waals surface area contributed by atoms with Crippen LogP contribution in [0, 0.1) is 20.8 Å². The molecule has 4 rings (SSSR count). The summed E-state index contributed by atoms with van der Waals surface area (Å²) in [6.07, 6.45) is 1.63. The number of nitrogens with one attached hydrogen (secondary N) is 2. The second kappa shape index (κ2) is 5.19. The van der Waals surface area contributed by atoms with Gasteiger partial charge in [0, 0.05) is 33.7 Å². The summed E-state index contributed by atoms with van der Waals surface area (Å²) in [6.45, 7) is 5.88. The molecule has 3 aromatic heterocycles. The molecule has 120 valence electrons. The van der Waals surface area contributed by atoms with Crippen molar-refractivity contribution in [2.45, 2.75) is 20.8 Å². The second-order valence-electron chi connectivity index (χ2n) is 6.03. The fourth-order valence-corrected chi connectivity index (χ4v) is 2.98. The summed E-state index contributed by atoms with van der Waals surface area (Å²) in [5, 5.41) is 3.97. The molecule has 4 aromatic rings. The number of rotatable bonds is 2. The number of carbonyl (C=O) groups is 1. The maximum atomic E-state index is 12.6. The highest BCUT2D eigenvalue weighted by Crippen LogP contribution is 2.21. The summed E-state index contributed by atoms with van der Waals surface area (Å²) in [4.78, 5) is 24.6. The van der Waals surface area contributed by atoms with Gasteiger partial charge in [0.2, 0.25) is 0 Å². The van der Waals surface area contributed by atoms with E-state index in [1.807, 2.05) is 55.5 Å². The highest BCUT2D eigenvalue weighted by atomic mass is 16.1. The molecule has 0 atom stereocenters. The third kappa shape index (κ3) is 2.32. The molecule has 6 heteroatoms. The first-order valence-electron chi connectivity index (χ1n) is 7.73. The van der Waals surface area contributed by atoms with Gasteiger partial charge in [-0.05, 0) is 51.1 Å². The van der Waals surface area contributed by atoms with Gasteiger partial charge < -0.3 is 10.3 Å². The van der Waals surface area contributed by atoms with E-state index in [1.54, 1.807) is 6.33 Å². The largest absolute Gasteiger partial charge is 0.359 e. The average Bonchev–Trinajstić information content (AvgIpc) is 3.09. The number of hydrogen-bond acceptors (Lipinski definition) is 3. The lowest BCUT2D eigenvalue weighted by atomic mass is 10.2. The molecular weight excluding hydrogens is 302 g/mol. The number of carbonyl (C=O) groups excluding carboxylic acids is 1. The van der Waals surface area contributed by atoms with Crippen LogP contribution in [-0.2, 0) is 0 Å². The van der Waals surface area contributed by atoms with Gasteiger partial charge in [-0.2, -0.15) is 0 Å². The molecule has 0 aliphatic rings. The molecule has 6 nitrogen and oxygen atoms in total. The minimum atomic E-state index is -0.262. The van der Waals surface area contributed by atoms with E-state index in [0.717, 1.165) is 33.7 Å². The van der Waals surface area contributed by atoms with E-state index in [4.69, 9.17) is 0 Å². The predicted octanol–water partition coefficient (Wildman–Crippen LogP) is 3.39. The van der Waals surface area contributed by atoms with Crippen LogP contribution in [0.15, 0.2) is 36.7 Å². The number of aryl methyl sites for hydroxylation is 3. The van der Waals surface area contributed by atoms with Crippen LogP contribution in [0.5, 0.6) is 0 Å². The Morgan fingerprint density at radius 1 is 1.17 bits per heavy atom. The third-order valence-electron chi connectivity index (χ3n) is 4.05. The van der Waals surface area contributed by atoms with Crippen LogP contribution in [-0.4, -0.2) is 25.3 Å². The molecule has 24 heavy (non-hydrogen) atoms. The zero-order valence-electron chi connectivity index (χ0n) is 13.7. The number of amides is 1. The van der Waals surface area contributed by atoms with Crippen LogP contribution in [0.2, 0.25) is 0 Å². The smallest absolute Gasteiger partial charge is 0.278 e.